The maximum Gasteiger partial charge on any atom is 0.292 e. The third-order valence-electron chi connectivity index (χ3n) is 2.37. The first-order valence-electron chi connectivity index (χ1n) is 6.00. The Hall–Kier alpha value is -1.82. The first-order valence-corrected chi connectivity index (χ1v) is 6.00. The van der Waals surface area contributed by atoms with Gasteiger partial charge in [0.1, 0.15) is 5.69 Å². The van der Waals surface area contributed by atoms with Crippen LogP contribution in [0.5, 0.6) is 0 Å². The summed E-state index contributed by atoms with van der Waals surface area (Å²) in [5.74, 6) is 0. The van der Waals surface area contributed by atoms with Crippen molar-refractivity contribution >= 4 is 17.1 Å². The van der Waals surface area contributed by atoms with Crippen LogP contribution in [0.25, 0.3) is 0 Å². The Morgan fingerprint density at radius 1 is 1.44 bits per heavy atom. The van der Waals surface area contributed by atoms with Gasteiger partial charge < -0.3 is 15.8 Å². The molecule has 100 valence electrons. The summed E-state index contributed by atoms with van der Waals surface area (Å²) in [6, 6.07) is 4.64. The van der Waals surface area contributed by atoms with Crippen molar-refractivity contribution in [3.63, 3.8) is 0 Å². The standard InChI is InChI=1S/C12H19N3O3/c1-2-7-18-8-3-6-14-10-4-5-12(15(16)17)11(13)9-10/h4-5,9,14H,2-3,6-8,13H2,1H3. The van der Waals surface area contributed by atoms with Gasteiger partial charge in [0.15, 0.2) is 0 Å². The van der Waals surface area contributed by atoms with Crippen LogP contribution in [-0.2, 0) is 4.74 Å². The topological polar surface area (TPSA) is 90.4 Å². The second kappa shape index (κ2) is 7.50. The lowest BCUT2D eigenvalue weighted by Gasteiger charge is -2.07. The fourth-order valence-corrected chi connectivity index (χ4v) is 1.48. The van der Waals surface area contributed by atoms with Crippen molar-refractivity contribution in [2.75, 3.05) is 30.8 Å². The lowest BCUT2D eigenvalue weighted by molar-refractivity contribution is -0.383. The number of anilines is 2. The van der Waals surface area contributed by atoms with Gasteiger partial charge in [0.25, 0.3) is 5.69 Å². The summed E-state index contributed by atoms with van der Waals surface area (Å²) < 4.78 is 5.34. The van der Waals surface area contributed by atoms with E-state index in [1.54, 1.807) is 12.1 Å². The van der Waals surface area contributed by atoms with Gasteiger partial charge in [-0.25, -0.2) is 0 Å². The number of nitrogen functional groups attached to an aromatic ring is 1. The van der Waals surface area contributed by atoms with Gasteiger partial charge in [0.2, 0.25) is 0 Å². The van der Waals surface area contributed by atoms with Crippen molar-refractivity contribution in [1.29, 1.82) is 0 Å². The number of hydrogen-bond acceptors (Lipinski definition) is 5. The Bertz CT molecular complexity index is 396. The molecule has 0 heterocycles. The van der Waals surface area contributed by atoms with Crippen molar-refractivity contribution in [1.82, 2.24) is 0 Å². The van der Waals surface area contributed by atoms with Gasteiger partial charge in [-0.1, -0.05) is 6.92 Å². The lowest BCUT2D eigenvalue weighted by Crippen LogP contribution is -2.06. The Labute approximate surface area is 106 Å². The first kappa shape index (κ1) is 14.2. The van der Waals surface area contributed by atoms with E-state index in [-0.39, 0.29) is 11.4 Å². The average molecular weight is 253 g/mol. The number of nitrogens with two attached hydrogens (primary N) is 1. The fraction of sp³-hybridized carbons (Fsp3) is 0.500. The molecule has 0 aliphatic heterocycles. The van der Waals surface area contributed by atoms with E-state index in [0.29, 0.717) is 6.61 Å². The van der Waals surface area contributed by atoms with E-state index in [2.05, 4.69) is 12.2 Å². The molecule has 0 aromatic heterocycles. The number of benzene rings is 1. The van der Waals surface area contributed by atoms with E-state index in [4.69, 9.17) is 10.5 Å². The van der Waals surface area contributed by atoms with Crippen LogP contribution in [-0.4, -0.2) is 24.7 Å². The normalized spacial score (nSPS) is 10.3. The van der Waals surface area contributed by atoms with E-state index in [0.717, 1.165) is 31.7 Å². The number of nitro benzene ring substituents is 1. The van der Waals surface area contributed by atoms with Crippen molar-refractivity contribution < 1.29 is 9.66 Å². The van der Waals surface area contributed by atoms with Crippen LogP contribution in [0.15, 0.2) is 18.2 Å². The zero-order valence-corrected chi connectivity index (χ0v) is 10.5. The molecule has 6 nitrogen and oxygen atoms in total. The summed E-state index contributed by atoms with van der Waals surface area (Å²) >= 11 is 0. The molecule has 0 saturated heterocycles. The molecule has 0 amide bonds. The van der Waals surface area contributed by atoms with Crippen LogP contribution in [0, 0.1) is 10.1 Å². The molecule has 0 atom stereocenters. The Morgan fingerprint density at radius 2 is 2.22 bits per heavy atom. The highest BCUT2D eigenvalue weighted by Gasteiger charge is 2.10. The number of nitrogens with zero attached hydrogens (tertiary/aromatic N) is 1. The van der Waals surface area contributed by atoms with Gasteiger partial charge >= 0.3 is 0 Å². The summed E-state index contributed by atoms with van der Waals surface area (Å²) in [6.45, 7) is 4.31. The van der Waals surface area contributed by atoms with Crippen LogP contribution in [0.4, 0.5) is 17.1 Å². The van der Waals surface area contributed by atoms with Crippen LogP contribution < -0.4 is 11.1 Å². The SMILES string of the molecule is CCCOCCCNc1ccc([N+](=O)[O-])c(N)c1. The predicted octanol–water partition coefficient (Wildman–Crippen LogP) is 2.41. The molecule has 0 bridgehead atoms. The van der Waals surface area contributed by atoms with E-state index in [9.17, 15) is 10.1 Å². The highest BCUT2D eigenvalue weighted by molar-refractivity contribution is 5.65. The molecule has 1 aromatic carbocycles. The van der Waals surface area contributed by atoms with Crippen molar-refractivity contribution in [2.24, 2.45) is 0 Å². The van der Waals surface area contributed by atoms with Gasteiger partial charge in [-0.3, -0.25) is 10.1 Å². The summed E-state index contributed by atoms with van der Waals surface area (Å²) in [4.78, 5) is 10.1. The van der Waals surface area contributed by atoms with Crippen molar-refractivity contribution in [3.05, 3.63) is 28.3 Å². The van der Waals surface area contributed by atoms with Gasteiger partial charge in [0, 0.05) is 31.5 Å². The fourth-order valence-electron chi connectivity index (χ4n) is 1.48. The zero-order chi connectivity index (χ0) is 13.4. The monoisotopic (exact) mass is 253 g/mol. The predicted molar refractivity (Wildman–Crippen MR) is 71.7 cm³/mol. The van der Waals surface area contributed by atoms with Gasteiger partial charge in [-0.2, -0.15) is 0 Å². The van der Waals surface area contributed by atoms with Crippen LogP contribution in [0.1, 0.15) is 19.8 Å². The van der Waals surface area contributed by atoms with Crippen molar-refractivity contribution in [3.8, 4) is 0 Å². The van der Waals surface area contributed by atoms with E-state index < -0.39 is 4.92 Å². The maximum atomic E-state index is 10.6. The quantitative estimate of drug-likeness (QED) is 0.321. The third kappa shape index (κ3) is 4.58. The molecule has 0 aliphatic rings. The summed E-state index contributed by atoms with van der Waals surface area (Å²) in [6.07, 6.45) is 1.91. The molecular weight excluding hydrogens is 234 g/mol. The highest BCUT2D eigenvalue weighted by atomic mass is 16.6. The summed E-state index contributed by atoms with van der Waals surface area (Å²) in [5, 5.41) is 13.7. The minimum Gasteiger partial charge on any atom is -0.393 e. The minimum atomic E-state index is -0.488. The molecule has 0 unspecified atom stereocenters. The first-order chi connectivity index (χ1) is 8.65. The van der Waals surface area contributed by atoms with E-state index >= 15 is 0 Å². The number of hydrogen-bond donors (Lipinski definition) is 2. The second-order valence-corrected chi connectivity index (χ2v) is 3.92. The lowest BCUT2D eigenvalue weighted by atomic mass is 10.2. The smallest absolute Gasteiger partial charge is 0.292 e. The summed E-state index contributed by atoms with van der Waals surface area (Å²) in [5.41, 5.74) is 6.48. The van der Waals surface area contributed by atoms with Gasteiger partial charge in [0.05, 0.1) is 4.92 Å². The third-order valence-corrected chi connectivity index (χ3v) is 2.37. The van der Waals surface area contributed by atoms with Crippen molar-refractivity contribution in [2.45, 2.75) is 19.8 Å². The summed E-state index contributed by atoms with van der Waals surface area (Å²) in [7, 11) is 0. The molecular formula is C12H19N3O3. The molecule has 18 heavy (non-hydrogen) atoms. The Morgan fingerprint density at radius 3 is 2.83 bits per heavy atom. The van der Waals surface area contributed by atoms with Crippen LogP contribution in [0.3, 0.4) is 0 Å². The van der Waals surface area contributed by atoms with Crippen LogP contribution >= 0.6 is 0 Å². The largest absolute Gasteiger partial charge is 0.393 e. The molecule has 1 rings (SSSR count). The molecule has 0 spiro atoms. The average Bonchev–Trinajstić information content (AvgIpc) is 2.33. The second-order valence-electron chi connectivity index (χ2n) is 3.92. The number of rotatable bonds is 8. The number of nitro groups is 1. The Kier molecular flexibility index (Phi) is 5.93. The van der Waals surface area contributed by atoms with Gasteiger partial charge in [-0.15, -0.1) is 0 Å². The molecule has 3 N–H and O–H groups in total. The van der Waals surface area contributed by atoms with Gasteiger partial charge in [-0.05, 0) is 25.0 Å². The van der Waals surface area contributed by atoms with E-state index in [1.165, 1.54) is 6.07 Å². The molecule has 0 radical (unpaired) electrons. The molecule has 0 fully saturated rings. The molecule has 6 heteroatoms. The molecule has 0 aliphatic carbocycles. The highest BCUT2D eigenvalue weighted by Crippen LogP contribution is 2.24. The maximum absolute atomic E-state index is 10.6. The molecule has 1 aromatic rings. The zero-order valence-electron chi connectivity index (χ0n) is 10.5. The van der Waals surface area contributed by atoms with E-state index in [1.807, 2.05) is 0 Å². The Balaban J connectivity index is 2.35. The minimum absolute atomic E-state index is 0.0631. The number of nitrogens with one attached hydrogen (secondary N) is 1. The van der Waals surface area contributed by atoms with Crippen LogP contribution in [0.2, 0.25) is 0 Å². The number of ether oxygens (including phenoxy) is 1. The molecule has 0 saturated carbocycles.